The predicted molar refractivity (Wildman–Crippen MR) is 144 cm³/mol. The second-order valence-corrected chi connectivity index (χ2v) is 12.2. The molecule has 11 nitrogen and oxygen atoms in total. The highest BCUT2D eigenvalue weighted by molar-refractivity contribution is 7.88. The molecule has 1 saturated heterocycles. The van der Waals surface area contributed by atoms with Gasteiger partial charge in [-0.05, 0) is 43.0 Å². The van der Waals surface area contributed by atoms with E-state index in [0.29, 0.717) is 49.5 Å². The number of anilines is 1. The van der Waals surface area contributed by atoms with Crippen molar-refractivity contribution in [2.75, 3.05) is 43.9 Å². The maximum Gasteiger partial charge on any atom is 0.290 e. The topological polar surface area (TPSA) is 138 Å². The first-order chi connectivity index (χ1) is 18.2. The van der Waals surface area contributed by atoms with Crippen LogP contribution in [0.15, 0.2) is 36.7 Å². The van der Waals surface area contributed by atoms with Crippen LogP contribution in [0, 0.1) is 0 Å². The lowest BCUT2D eigenvalue weighted by atomic mass is 10.0. The Morgan fingerprint density at radius 3 is 2.76 bits per heavy atom. The minimum Gasteiger partial charge on any atom is -0.369 e. The largest absolute Gasteiger partial charge is 0.369 e. The van der Waals surface area contributed by atoms with Gasteiger partial charge in [0.15, 0.2) is 5.82 Å². The number of hydrogen-bond donors (Lipinski definition) is 2. The lowest BCUT2D eigenvalue weighted by Gasteiger charge is -2.41. The predicted octanol–water partition coefficient (Wildman–Crippen LogP) is 1.64. The molecule has 5 heterocycles. The van der Waals surface area contributed by atoms with Crippen molar-refractivity contribution >= 4 is 44.0 Å². The average molecular weight is 538 g/mol. The molecule has 3 N–H and O–H groups in total. The number of amides is 2. The molecule has 1 atom stereocenters. The Bertz CT molecular complexity index is 1570. The Morgan fingerprint density at radius 2 is 2.03 bits per heavy atom. The standard InChI is InChI=1S/C26H31N7O4S/c1-38(36,37)32-10-6-17(7-11-32)21-15-20-22(5-4-19(24(27)34)23(20)29-21)31-9-2-3-18(16-31)33-14-13-30-12-8-28-25(30)26(33)35/h4-6,8,12,15,18,29H,2-3,7,9-11,13-14,16H2,1H3,(H2,27,34). The maximum absolute atomic E-state index is 13.1. The highest BCUT2D eigenvalue weighted by atomic mass is 32.2. The van der Waals surface area contributed by atoms with E-state index in [2.05, 4.69) is 14.9 Å². The van der Waals surface area contributed by atoms with Crippen LogP contribution in [0.5, 0.6) is 0 Å². The SMILES string of the molecule is CS(=O)(=O)N1CC=C(c2cc3c(N4CCCC(N5CCn6ccnc6C5=O)C4)ccc(C(N)=O)c3[nH]2)CC1. The number of aromatic amines is 1. The van der Waals surface area contributed by atoms with Gasteiger partial charge in [-0.2, -0.15) is 4.31 Å². The molecule has 1 aromatic carbocycles. The van der Waals surface area contributed by atoms with Gasteiger partial charge in [0.1, 0.15) is 0 Å². The lowest BCUT2D eigenvalue weighted by molar-refractivity contribution is 0.0591. The zero-order valence-corrected chi connectivity index (χ0v) is 22.1. The third kappa shape index (κ3) is 4.27. The number of aromatic nitrogens is 3. The minimum atomic E-state index is -3.25. The molecule has 6 rings (SSSR count). The Morgan fingerprint density at radius 1 is 1.18 bits per heavy atom. The van der Waals surface area contributed by atoms with Crippen molar-refractivity contribution in [2.24, 2.45) is 5.73 Å². The van der Waals surface area contributed by atoms with Crippen LogP contribution in [0.1, 0.15) is 45.9 Å². The van der Waals surface area contributed by atoms with Crippen molar-refractivity contribution < 1.29 is 18.0 Å². The summed E-state index contributed by atoms with van der Waals surface area (Å²) in [6.07, 6.45) is 9.09. The Balaban J connectivity index is 1.32. The van der Waals surface area contributed by atoms with Crippen molar-refractivity contribution in [2.45, 2.75) is 31.8 Å². The third-order valence-corrected chi connectivity index (χ3v) is 9.22. The summed E-state index contributed by atoms with van der Waals surface area (Å²) in [5.74, 6) is -0.0487. The van der Waals surface area contributed by atoms with Crippen molar-refractivity contribution in [3.8, 4) is 0 Å². The van der Waals surface area contributed by atoms with E-state index in [0.717, 1.165) is 48.3 Å². The van der Waals surface area contributed by atoms with Crippen molar-refractivity contribution in [1.29, 1.82) is 0 Å². The van der Waals surface area contributed by atoms with Crippen molar-refractivity contribution in [3.63, 3.8) is 0 Å². The molecule has 0 saturated carbocycles. The lowest BCUT2D eigenvalue weighted by Crippen LogP contribution is -2.53. The fourth-order valence-corrected chi connectivity index (χ4v) is 6.73. The van der Waals surface area contributed by atoms with Gasteiger partial charge in [0, 0.05) is 74.5 Å². The van der Waals surface area contributed by atoms with Gasteiger partial charge < -0.3 is 25.1 Å². The molecule has 0 radical (unpaired) electrons. The van der Waals surface area contributed by atoms with Gasteiger partial charge in [0.25, 0.3) is 11.8 Å². The Kier molecular flexibility index (Phi) is 6.03. The third-order valence-electron chi connectivity index (χ3n) is 7.95. The van der Waals surface area contributed by atoms with Crippen LogP contribution in [-0.4, -0.2) is 89.0 Å². The summed E-state index contributed by atoms with van der Waals surface area (Å²) >= 11 is 0. The van der Waals surface area contributed by atoms with Gasteiger partial charge in [0.2, 0.25) is 10.0 Å². The summed E-state index contributed by atoms with van der Waals surface area (Å²) in [4.78, 5) is 37.3. The Hall–Kier alpha value is -3.64. The molecule has 0 spiro atoms. The van der Waals surface area contributed by atoms with Crippen LogP contribution in [0.25, 0.3) is 16.5 Å². The number of fused-ring (bicyclic) bond motifs is 2. The number of imidazole rings is 1. The molecular weight excluding hydrogens is 506 g/mol. The molecule has 0 bridgehead atoms. The fraction of sp³-hybridized carbons (Fsp3) is 0.423. The number of carbonyl (C=O) groups is 2. The van der Waals surface area contributed by atoms with E-state index in [1.54, 1.807) is 12.3 Å². The number of primary amides is 1. The number of nitrogens with one attached hydrogen (secondary N) is 1. The van der Waals surface area contributed by atoms with Gasteiger partial charge in [-0.3, -0.25) is 9.59 Å². The van der Waals surface area contributed by atoms with Crippen LogP contribution in [0.4, 0.5) is 5.69 Å². The van der Waals surface area contributed by atoms with E-state index in [1.165, 1.54) is 10.6 Å². The molecule has 2 amide bonds. The molecule has 12 heteroatoms. The number of piperidine rings is 1. The summed E-state index contributed by atoms with van der Waals surface area (Å²) in [6.45, 7) is 3.64. The van der Waals surface area contributed by atoms with Crippen LogP contribution in [0.3, 0.4) is 0 Å². The molecule has 3 aromatic rings. The van der Waals surface area contributed by atoms with Gasteiger partial charge in [0.05, 0.1) is 17.3 Å². The molecule has 1 unspecified atom stereocenters. The number of carbonyl (C=O) groups excluding carboxylic acids is 2. The van der Waals surface area contributed by atoms with E-state index < -0.39 is 15.9 Å². The molecule has 3 aliphatic heterocycles. The molecule has 38 heavy (non-hydrogen) atoms. The van der Waals surface area contributed by atoms with Gasteiger partial charge in [-0.25, -0.2) is 13.4 Å². The number of rotatable bonds is 5. The minimum absolute atomic E-state index is 0.0290. The molecule has 0 aliphatic carbocycles. The first kappa shape index (κ1) is 24.7. The van der Waals surface area contributed by atoms with Crippen LogP contribution in [0.2, 0.25) is 0 Å². The van der Waals surface area contributed by atoms with Gasteiger partial charge >= 0.3 is 0 Å². The van der Waals surface area contributed by atoms with Gasteiger partial charge in [-0.15, -0.1) is 0 Å². The van der Waals surface area contributed by atoms with E-state index in [-0.39, 0.29) is 11.9 Å². The van der Waals surface area contributed by atoms with E-state index >= 15 is 0 Å². The highest BCUT2D eigenvalue weighted by Gasteiger charge is 2.34. The summed E-state index contributed by atoms with van der Waals surface area (Å²) in [5, 5.41) is 0.893. The summed E-state index contributed by atoms with van der Waals surface area (Å²) in [5.41, 5.74) is 9.65. The fourth-order valence-electron chi connectivity index (χ4n) is 5.96. The van der Waals surface area contributed by atoms with Crippen LogP contribution < -0.4 is 10.6 Å². The zero-order chi connectivity index (χ0) is 26.6. The summed E-state index contributed by atoms with van der Waals surface area (Å²) in [6, 6.07) is 5.79. The number of nitrogens with zero attached hydrogens (tertiary/aromatic N) is 5. The molecule has 200 valence electrons. The van der Waals surface area contributed by atoms with Crippen LogP contribution >= 0.6 is 0 Å². The van der Waals surface area contributed by atoms with E-state index in [9.17, 15) is 18.0 Å². The first-order valence-corrected chi connectivity index (χ1v) is 14.7. The van der Waals surface area contributed by atoms with E-state index in [4.69, 9.17) is 5.73 Å². The van der Waals surface area contributed by atoms with Gasteiger partial charge in [-0.1, -0.05) is 6.08 Å². The monoisotopic (exact) mass is 537 g/mol. The highest BCUT2D eigenvalue weighted by Crippen LogP contribution is 2.35. The second-order valence-electron chi connectivity index (χ2n) is 10.3. The number of sulfonamides is 1. The second kappa shape index (κ2) is 9.28. The van der Waals surface area contributed by atoms with Crippen molar-refractivity contribution in [3.05, 3.63) is 53.8 Å². The molecule has 1 fully saturated rings. The molecule has 2 aromatic heterocycles. The normalized spacial score (nSPS) is 21.0. The number of H-pyrrole nitrogens is 1. The first-order valence-electron chi connectivity index (χ1n) is 12.9. The molecular formula is C26H31N7O4S. The molecule has 3 aliphatic rings. The smallest absolute Gasteiger partial charge is 0.290 e. The average Bonchev–Trinajstić information content (AvgIpc) is 3.56. The number of hydrogen-bond acceptors (Lipinski definition) is 6. The van der Waals surface area contributed by atoms with Crippen molar-refractivity contribution in [1.82, 2.24) is 23.7 Å². The summed E-state index contributed by atoms with van der Waals surface area (Å²) in [7, 11) is -3.25. The Labute approximate surface area is 220 Å². The quantitative estimate of drug-likeness (QED) is 0.508. The number of nitrogens with two attached hydrogens (primary N) is 1. The number of benzene rings is 1. The zero-order valence-electron chi connectivity index (χ0n) is 21.3. The van der Waals surface area contributed by atoms with E-state index in [1.807, 2.05) is 33.9 Å². The maximum atomic E-state index is 13.1. The summed E-state index contributed by atoms with van der Waals surface area (Å²) < 4.78 is 27.2. The van der Waals surface area contributed by atoms with Crippen LogP contribution in [-0.2, 0) is 16.6 Å².